The summed E-state index contributed by atoms with van der Waals surface area (Å²) in [5.41, 5.74) is 0.716. The van der Waals surface area contributed by atoms with Crippen molar-refractivity contribution in [2.75, 3.05) is 0 Å². The third kappa shape index (κ3) is 1.55. The van der Waals surface area contributed by atoms with E-state index in [4.69, 9.17) is 0 Å². The van der Waals surface area contributed by atoms with E-state index in [1.807, 2.05) is 36.4 Å². The van der Waals surface area contributed by atoms with Crippen LogP contribution in [0.3, 0.4) is 0 Å². The Hall–Kier alpha value is -1.71. The molecule has 1 N–H and O–H groups in total. The summed E-state index contributed by atoms with van der Waals surface area (Å²) in [6.45, 7) is -0.0996. The molecule has 3 heteroatoms. The van der Waals surface area contributed by atoms with Crippen molar-refractivity contribution in [1.82, 2.24) is 0 Å². The molecule has 0 aliphatic rings. The summed E-state index contributed by atoms with van der Waals surface area (Å²) in [5, 5.41) is 10.7. The van der Waals surface area contributed by atoms with Crippen LogP contribution >= 0.6 is 11.3 Å². The first-order valence-electron chi connectivity index (χ1n) is 5.35. The highest BCUT2D eigenvalue weighted by molar-refractivity contribution is 7.24. The van der Waals surface area contributed by atoms with Gasteiger partial charge in [0.15, 0.2) is 5.43 Å². The summed E-state index contributed by atoms with van der Waals surface area (Å²) in [6, 6.07) is 13.2. The molecule has 0 saturated carbocycles. The minimum atomic E-state index is -0.0996. The Morgan fingerprint density at radius 1 is 1.00 bits per heavy atom. The van der Waals surface area contributed by atoms with Crippen molar-refractivity contribution in [2.45, 2.75) is 6.61 Å². The topological polar surface area (TPSA) is 37.3 Å². The normalized spacial score (nSPS) is 11.1. The molecule has 0 fully saturated rings. The Morgan fingerprint density at radius 3 is 2.59 bits per heavy atom. The third-order valence-electron chi connectivity index (χ3n) is 2.86. The Kier molecular flexibility index (Phi) is 2.42. The molecule has 0 aliphatic heterocycles. The maximum Gasteiger partial charge on any atom is 0.196 e. The molecule has 0 saturated heterocycles. The van der Waals surface area contributed by atoms with Crippen LogP contribution in [0.15, 0.2) is 47.3 Å². The van der Waals surface area contributed by atoms with Gasteiger partial charge in [0.2, 0.25) is 0 Å². The fraction of sp³-hybridized carbons (Fsp3) is 0.0714. The first-order valence-corrected chi connectivity index (χ1v) is 6.17. The van der Waals surface area contributed by atoms with Crippen LogP contribution in [0.2, 0.25) is 0 Å². The molecule has 0 aliphatic carbocycles. The van der Waals surface area contributed by atoms with Gasteiger partial charge in [-0.15, -0.1) is 11.3 Å². The maximum absolute atomic E-state index is 12.4. The Morgan fingerprint density at radius 2 is 1.76 bits per heavy atom. The molecule has 2 nitrogen and oxygen atoms in total. The Balaban J connectivity index is 2.60. The standard InChI is InChI=1S/C14H10O2S/c15-8-9-4-3-7-12-13(9)14(16)10-5-1-2-6-11(10)17-12/h1-7,15H,8H2. The summed E-state index contributed by atoms with van der Waals surface area (Å²) >= 11 is 1.58. The second-order valence-electron chi connectivity index (χ2n) is 3.88. The molecule has 1 heterocycles. The first kappa shape index (κ1) is 10.4. The van der Waals surface area contributed by atoms with E-state index >= 15 is 0 Å². The van der Waals surface area contributed by atoms with Gasteiger partial charge in [0, 0.05) is 20.2 Å². The predicted octanol–water partition coefficient (Wildman–Crippen LogP) is 2.91. The summed E-state index contributed by atoms with van der Waals surface area (Å²) in [6.07, 6.45) is 0. The van der Waals surface area contributed by atoms with E-state index < -0.39 is 0 Å². The highest BCUT2D eigenvalue weighted by atomic mass is 32.1. The van der Waals surface area contributed by atoms with E-state index in [1.165, 1.54) is 0 Å². The highest BCUT2D eigenvalue weighted by Crippen LogP contribution is 2.26. The zero-order valence-electron chi connectivity index (χ0n) is 9.01. The van der Waals surface area contributed by atoms with Crippen molar-refractivity contribution in [2.24, 2.45) is 0 Å². The third-order valence-corrected chi connectivity index (χ3v) is 4.00. The van der Waals surface area contributed by atoms with Gasteiger partial charge in [-0.3, -0.25) is 4.79 Å². The minimum absolute atomic E-state index is 0.0130. The van der Waals surface area contributed by atoms with Gasteiger partial charge in [0.25, 0.3) is 0 Å². The molecule has 0 bridgehead atoms. The lowest BCUT2D eigenvalue weighted by atomic mass is 10.1. The van der Waals surface area contributed by atoms with E-state index in [0.717, 1.165) is 14.8 Å². The molecule has 2 aromatic carbocycles. The maximum atomic E-state index is 12.4. The number of hydrogen-bond acceptors (Lipinski definition) is 3. The van der Waals surface area contributed by atoms with Crippen LogP contribution in [0.1, 0.15) is 5.56 Å². The lowest BCUT2D eigenvalue weighted by Gasteiger charge is -2.04. The van der Waals surface area contributed by atoms with Crippen LogP contribution in [0.5, 0.6) is 0 Å². The molecule has 0 atom stereocenters. The number of aliphatic hydroxyl groups is 1. The van der Waals surface area contributed by atoms with Crippen molar-refractivity contribution in [3.63, 3.8) is 0 Å². The quantitative estimate of drug-likeness (QED) is 0.666. The molecule has 3 rings (SSSR count). The number of hydrogen-bond donors (Lipinski definition) is 1. The van der Waals surface area contributed by atoms with Gasteiger partial charge in [-0.1, -0.05) is 24.3 Å². The van der Waals surface area contributed by atoms with Gasteiger partial charge in [0.05, 0.1) is 6.61 Å². The van der Waals surface area contributed by atoms with Crippen molar-refractivity contribution in [3.8, 4) is 0 Å². The monoisotopic (exact) mass is 242 g/mol. The van der Waals surface area contributed by atoms with Crippen LogP contribution in [0.25, 0.3) is 20.2 Å². The molecule has 0 unspecified atom stereocenters. The number of benzene rings is 2. The van der Waals surface area contributed by atoms with Crippen LogP contribution in [0.4, 0.5) is 0 Å². The van der Waals surface area contributed by atoms with Crippen LogP contribution in [0, 0.1) is 0 Å². The number of rotatable bonds is 1. The molecule has 0 amide bonds. The predicted molar refractivity (Wildman–Crippen MR) is 71.5 cm³/mol. The second kappa shape index (κ2) is 3.95. The molecule has 17 heavy (non-hydrogen) atoms. The van der Waals surface area contributed by atoms with Gasteiger partial charge in [-0.2, -0.15) is 0 Å². The van der Waals surface area contributed by atoms with Crippen molar-refractivity contribution >= 4 is 31.5 Å². The summed E-state index contributed by atoms with van der Waals surface area (Å²) in [5.74, 6) is 0. The smallest absolute Gasteiger partial charge is 0.196 e. The lowest BCUT2D eigenvalue weighted by molar-refractivity contribution is 0.283. The minimum Gasteiger partial charge on any atom is -0.392 e. The largest absolute Gasteiger partial charge is 0.392 e. The van der Waals surface area contributed by atoms with Gasteiger partial charge >= 0.3 is 0 Å². The van der Waals surface area contributed by atoms with E-state index in [-0.39, 0.29) is 12.0 Å². The average Bonchev–Trinajstić information content (AvgIpc) is 2.38. The zero-order chi connectivity index (χ0) is 11.8. The van der Waals surface area contributed by atoms with E-state index in [2.05, 4.69) is 0 Å². The van der Waals surface area contributed by atoms with Gasteiger partial charge in [-0.05, 0) is 23.8 Å². The van der Waals surface area contributed by atoms with Crippen molar-refractivity contribution < 1.29 is 5.11 Å². The van der Waals surface area contributed by atoms with Crippen molar-refractivity contribution in [3.05, 3.63) is 58.3 Å². The first-order chi connectivity index (χ1) is 8.31. The molecular formula is C14H10O2S. The molecule has 84 valence electrons. The summed E-state index contributed by atoms with van der Waals surface area (Å²) < 4.78 is 1.92. The van der Waals surface area contributed by atoms with E-state index in [9.17, 15) is 9.90 Å². The fourth-order valence-electron chi connectivity index (χ4n) is 2.05. The number of aliphatic hydroxyl groups excluding tert-OH is 1. The second-order valence-corrected chi connectivity index (χ2v) is 4.96. The SMILES string of the molecule is O=c1c2ccccc2sc2cccc(CO)c12. The summed E-state index contributed by atoms with van der Waals surface area (Å²) in [7, 11) is 0. The zero-order valence-corrected chi connectivity index (χ0v) is 9.83. The average molecular weight is 242 g/mol. The van der Waals surface area contributed by atoms with Gasteiger partial charge < -0.3 is 5.11 Å². The fourth-order valence-corrected chi connectivity index (χ4v) is 3.17. The molecule has 0 spiro atoms. The van der Waals surface area contributed by atoms with Crippen molar-refractivity contribution in [1.29, 1.82) is 0 Å². The summed E-state index contributed by atoms with van der Waals surface area (Å²) in [4.78, 5) is 12.4. The van der Waals surface area contributed by atoms with E-state index in [0.29, 0.717) is 10.9 Å². The Labute approximate surface area is 102 Å². The molecule has 0 radical (unpaired) electrons. The molecular weight excluding hydrogens is 232 g/mol. The van der Waals surface area contributed by atoms with Gasteiger partial charge in [-0.25, -0.2) is 0 Å². The molecule has 1 aromatic heterocycles. The van der Waals surface area contributed by atoms with Crippen LogP contribution < -0.4 is 5.43 Å². The number of fused-ring (bicyclic) bond motifs is 2. The Bertz CT molecular complexity index is 759. The molecule has 3 aromatic rings. The lowest BCUT2D eigenvalue weighted by Crippen LogP contribution is -2.04. The highest BCUT2D eigenvalue weighted by Gasteiger charge is 2.08. The van der Waals surface area contributed by atoms with Crippen LogP contribution in [-0.4, -0.2) is 5.11 Å². The van der Waals surface area contributed by atoms with Crippen LogP contribution in [-0.2, 0) is 6.61 Å². The van der Waals surface area contributed by atoms with Gasteiger partial charge in [0.1, 0.15) is 0 Å². The van der Waals surface area contributed by atoms with E-state index in [1.54, 1.807) is 17.4 Å².